The molecule has 1 amide bonds. The molecule has 2 fully saturated rings. The first-order chi connectivity index (χ1) is 17.6. The molecule has 6 heteroatoms. The second-order valence-electron chi connectivity index (χ2n) is 10.0. The summed E-state index contributed by atoms with van der Waals surface area (Å²) in [5.41, 5.74) is 0.652. The number of ether oxygens (including phenoxy) is 2. The van der Waals surface area contributed by atoms with Crippen LogP contribution in [-0.2, 0) is 14.3 Å². The number of benzene rings is 2. The average Bonchev–Trinajstić information content (AvgIpc) is 3.45. The topological polar surface area (TPSA) is 67.9 Å². The summed E-state index contributed by atoms with van der Waals surface area (Å²) in [6.45, 7) is 2.35. The van der Waals surface area contributed by atoms with Crippen molar-refractivity contribution in [2.45, 2.75) is 76.3 Å². The number of amides is 1. The number of carbonyl (C=O) groups excluding carboxylic acids is 2. The first kappa shape index (κ1) is 26.2. The van der Waals surface area contributed by atoms with E-state index in [2.05, 4.69) is 22.3 Å². The lowest BCUT2D eigenvalue weighted by atomic mass is 10.0. The summed E-state index contributed by atoms with van der Waals surface area (Å²) in [7, 11) is 1.41. The SMILES string of the molecule is COC(=O)CCCCC=C(COc1cccc2ccccc12)C(=O)NC1CCN(C2CCCC2)CC1. The lowest BCUT2D eigenvalue weighted by molar-refractivity contribution is -0.140. The normalized spacial score (nSPS) is 17.9. The Labute approximate surface area is 215 Å². The number of allylic oxidation sites excluding steroid dienone is 1. The maximum absolute atomic E-state index is 13.3. The number of piperidine rings is 1. The highest BCUT2D eigenvalue weighted by atomic mass is 16.5. The summed E-state index contributed by atoms with van der Waals surface area (Å²) in [5.74, 6) is 0.546. The third kappa shape index (κ3) is 7.33. The van der Waals surface area contributed by atoms with Gasteiger partial charge in [0, 0.05) is 37.0 Å². The Morgan fingerprint density at radius 2 is 1.75 bits per heavy atom. The number of esters is 1. The lowest BCUT2D eigenvalue weighted by Crippen LogP contribution is -2.47. The van der Waals surface area contributed by atoms with Crippen molar-refractivity contribution in [3.05, 3.63) is 54.1 Å². The van der Waals surface area contributed by atoms with Crippen molar-refractivity contribution in [3.63, 3.8) is 0 Å². The van der Waals surface area contributed by atoms with E-state index < -0.39 is 0 Å². The lowest BCUT2D eigenvalue weighted by Gasteiger charge is -2.36. The van der Waals surface area contributed by atoms with Gasteiger partial charge in [0.25, 0.3) is 5.91 Å². The van der Waals surface area contributed by atoms with Crippen LogP contribution in [0.25, 0.3) is 10.8 Å². The van der Waals surface area contributed by atoms with Gasteiger partial charge in [0.2, 0.25) is 0 Å². The van der Waals surface area contributed by atoms with E-state index in [9.17, 15) is 9.59 Å². The molecule has 0 unspecified atom stereocenters. The van der Waals surface area contributed by atoms with Crippen molar-refractivity contribution in [3.8, 4) is 5.75 Å². The van der Waals surface area contributed by atoms with Crippen LogP contribution in [0.4, 0.5) is 0 Å². The predicted molar refractivity (Wildman–Crippen MR) is 143 cm³/mol. The summed E-state index contributed by atoms with van der Waals surface area (Å²) in [4.78, 5) is 27.3. The van der Waals surface area contributed by atoms with E-state index in [1.54, 1.807) is 0 Å². The molecule has 36 heavy (non-hydrogen) atoms. The molecular weight excluding hydrogens is 452 g/mol. The molecule has 1 heterocycles. The third-order valence-electron chi connectivity index (χ3n) is 7.58. The number of unbranched alkanes of at least 4 members (excludes halogenated alkanes) is 2. The molecule has 2 aromatic rings. The summed E-state index contributed by atoms with van der Waals surface area (Å²) in [6, 6.07) is 15.1. The minimum atomic E-state index is -0.194. The number of likely N-dealkylation sites (tertiary alicyclic amines) is 1. The molecule has 2 aliphatic rings. The molecule has 1 N–H and O–H groups in total. The number of hydrogen-bond donors (Lipinski definition) is 1. The number of hydrogen-bond acceptors (Lipinski definition) is 5. The zero-order chi connectivity index (χ0) is 25.2. The Kier molecular flexibility index (Phi) is 9.79. The van der Waals surface area contributed by atoms with Gasteiger partial charge in [0.05, 0.1) is 12.7 Å². The van der Waals surface area contributed by atoms with E-state index in [4.69, 9.17) is 9.47 Å². The molecule has 194 valence electrons. The Morgan fingerprint density at radius 3 is 2.53 bits per heavy atom. The minimum absolute atomic E-state index is 0.0393. The van der Waals surface area contributed by atoms with Crippen molar-refractivity contribution in [2.24, 2.45) is 0 Å². The maximum Gasteiger partial charge on any atom is 0.305 e. The molecule has 6 nitrogen and oxygen atoms in total. The monoisotopic (exact) mass is 492 g/mol. The van der Waals surface area contributed by atoms with Crippen LogP contribution in [0.3, 0.4) is 0 Å². The Hall–Kier alpha value is -2.86. The molecule has 1 saturated heterocycles. The number of methoxy groups -OCH3 is 1. The van der Waals surface area contributed by atoms with Crippen LogP contribution in [0, 0.1) is 0 Å². The molecule has 1 aliphatic heterocycles. The second-order valence-corrected chi connectivity index (χ2v) is 10.0. The van der Waals surface area contributed by atoms with Crippen LogP contribution in [0.2, 0.25) is 0 Å². The highest BCUT2D eigenvalue weighted by Crippen LogP contribution is 2.27. The molecule has 0 atom stereocenters. The van der Waals surface area contributed by atoms with E-state index in [0.717, 1.165) is 67.8 Å². The summed E-state index contributed by atoms with van der Waals surface area (Å²) < 4.78 is 10.9. The van der Waals surface area contributed by atoms with Crippen LogP contribution >= 0.6 is 0 Å². The molecule has 4 rings (SSSR count). The Bertz CT molecular complexity index is 1030. The van der Waals surface area contributed by atoms with Gasteiger partial charge in [0.1, 0.15) is 12.4 Å². The number of nitrogens with one attached hydrogen (secondary N) is 1. The fourth-order valence-electron chi connectivity index (χ4n) is 5.44. The van der Waals surface area contributed by atoms with E-state index in [0.29, 0.717) is 12.0 Å². The number of fused-ring (bicyclic) bond motifs is 1. The van der Waals surface area contributed by atoms with E-state index in [-0.39, 0.29) is 24.5 Å². The Balaban J connectivity index is 1.35. The van der Waals surface area contributed by atoms with E-state index in [1.807, 2.05) is 36.4 Å². The van der Waals surface area contributed by atoms with Gasteiger partial charge < -0.3 is 19.7 Å². The molecule has 0 aromatic heterocycles. The summed E-state index contributed by atoms with van der Waals surface area (Å²) in [5, 5.41) is 5.44. The van der Waals surface area contributed by atoms with E-state index in [1.165, 1.54) is 32.8 Å². The largest absolute Gasteiger partial charge is 0.488 e. The second kappa shape index (κ2) is 13.4. The van der Waals surface area contributed by atoms with Gasteiger partial charge in [-0.05, 0) is 56.4 Å². The summed E-state index contributed by atoms with van der Waals surface area (Å²) in [6.07, 6.45) is 12.0. The molecule has 0 radical (unpaired) electrons. The van der Waals surface area contributed by atoms with Crippen molar-refractivity contribution >= 4 is 22.6 Å². The van der Waals surface area contributed by atoms with Crippen LogP contribution in [0.15, 0.2) is 54.1 Å². The fraction of sp³-hybridized carbons (Fsp3) is 0.533. The van der Waals surface area contributed by atoms with Gasteiger partial charge in [-0.15, -0.1) is 0 Å². The van der Waals surface area contributed by atoms with Gasteiger partial charge in [0.15, 0.2) is 0 Å². The van der Waals surface area contributed by atoms with Crippen molar-refractivity contribution in [1.82, 2.24) is 10.2 Å². The molecule has 0 spiro atoms. The van der Waals surface area contributed by atoms with Crippen molar-refractivity contribution < 1.29 is 19.1 Å². The fourth-order valence-corrected chi connectivity index (χ4v) is 5.44. The van der Waals surface area contributed by atoms with E-state index >= 15 is 0 Å². The average molecular weight is 493 g/mol. The number of carbonyl (C=O) groups is 2. The first-order valence-electron chi connectivity index (χ1n) is 13.6. The first-order valence-corrected chi connectivity index (χ1v) is 13.6. The predicted octanol–water partition coefficient (Wildman–Crippen LogP) is 5.40. The summed E-state index contributed by atoms with van der Waals surface area (Å²) >= 11 is 0. The minimum Gasteiger partial charge on any atom is -0.488 e. The molecular formula is C30H40N2O4. The Morgan fingerprint density at radius 1 is 1.00 bits per heavy atom. The molecule has 1 aliphatic carbocycles. The van der Waals surface area contributed by atoms with Crippen LogP contribution < -0.4 is 10.1 Å². The molecule has 0 bridgehead atoms. The van der Waals surface area contributed by atoms with Gasteiger partial charge >= 0.3 is 5.97 Å². The quantitative estimate of drug-likeness (QED) is 0.258. The molecule has 2 aromatic carbocycles. The third-order valence-corrected chi connectivity index (χ3v) is 7.58. The highest BCUT2D eigenvalue weighted by Gasteiger charge is 2.28. The maximum atomic E-state index is 13.3. The van der Waals surface area contributed by atoms with Crippen molar-refractivity contribution in [1.29, 1.82) is 0 Å². The standard InChI is InChI=1S/C30H40N2O4/c1-35-29(33)17-4-2-3-11-24(22-36-28-16-9-12-23-10-5-8-15-27(23)28)30(34)31-25-18-20-32(21-19-25)26-13-6-7-14-26/h5,8-12,15-16,25-26H,2-4,6-7,13-14,17-22H2,1H3,(H,31,34). The van der Waals surface area contributed by atoms with Crippen LogP contribution in [-0.4, -0.2) is 55.7 Å². The van der Waals surface area contributed by atoms with Crippen molar-refractivity contribution in [2.75, 3.05) is 26.8 Å². The molecule has 1 saturated carbocycles. The number of nitrogens with zero attached hydrogens (tertiary/aromatic N) is 1. The van der Waals surface area contributed by atoms with Crippen LogP contribution in [0.1, 0.15) is 64.2 Å². The van der Waals surface area contributed by atoms with Gasteiger partial charge in [-0.1, -0.05) is 55.3 Å². The van der Waals surface area contributed by atoms with Gasteiger partial charge in [-0.3, -0.25) is 9.59 Å². The van der Waals surface area contributed by atoms with Gasteiger partial charge in [-0.25, -0.2) is 0 Å². The zero-order valence-corrected chi connectivity index (χ0v) is 21.5. The highest BCUT2D eigenvalue weighted by molar-refractivity contribution is 5.94. The van der Waals surface area contributed by atoms with Gasteiger partial charge in [-0.2, -0.15) is 0 Å². The zero-order valence-electron chi connectivity index (χ0n) is 21.5. The van der Waals surface area contributed by atoms with Crippen LogP contribution in [0.5, 0.6) is 5.75 Å². The number of rotatable bonds is 11. The smallest absolute Gasteiger partial charge is 0.305 e.